The minimum absolute atomic E-state index is 0.134. The molecular weight excluding hydrogens is 274 g/mol. The smallest absolute Gasteiger partial charge is 0.255 e. The highest BCUT2D eigenvalue weighted by Gasteiger charge is 2.11. The molecule has 2 aromatic rings. The second-order valence-electron chi connectivity index (χ2n) is 3.58. The Kier molecular flexibility index (Phi) is 4.51. The second kappa shape index (κ2) is 6.12. The third-order valence-corrected chi connectivity index (χ3v) is 3.33. The lowest BCUT2D eigenvalue weighted by atomic mass is 10.4. The molecule has 0 saturated carbocycles. The van der Waals surface area contributed by atoms with Gasteiger partial charge in [-0.25, -0.2) is 4.68 Å². The Morgan fingerprint density at radius 2 is 2.28 bits per heavy atom. The van der Waals surface area contributed by atoms with Crippen LogP contribution in [0.5, 0.6) is 0 Å². The van der Waals surface area contributed by atoms with Gasteiger partial charge in [0.1, 0.15) is 0 Å². The van der Waals surface area contributed by atoms with Crippen LogP contribution in [0.4, 0.5) is 0 Å². The Labute approximate surface area is 113 Å². The highest BCUT2D eigenvalue weighted by atomic mass is 35.5. The summed E-state index contributed by atoms with van der Waals surface area (Å²) in [5.41, 5.74) is 0. The van der Waals surface area contributed by atoms with E-state index in [1.165, 1.54) is 16.4 Å². The molecule has 0 aromatic carbocycles. The minimum atomic E-state index is 0.134. The minimum Gasteiger partial charge on any atom is -0.396 e. The summed E-state index contributed by atoms with van der Waals surface area (Å²) in [4.78, 5) is 12.3. The number of rotatable bonds is 5. The third-order valence-electron chi connectivity index (χ3n) is 2.13. The van der Waals surface area contributed by atoms with Gasteiger partial charge in [-0.1, -0.05) is 18.7 Å². The predicted molar refractivity (Wildman–Crippen MR) is 69.0 cm³/mol. The SMILES string of the molecule is CC(CCO)Sc1nc(Cl)nc(-n2cccn2)n1. The van der Waals surface area contributed by atoms with Crippen LogP contribution in [0.25, 0.3) is 5.95 Å². The highest BCUT2D eigenvalue weighted by Crippen LogP contribution is 2.22. The Morgan fingerprint density at radius 1 is 1.44 bits per heavy atom. The summed E-state index contributed by atoms with van der Waals surface area (Å²) in [5.74, 6) is 0.388. The first-order chi connectivity index (χ1) is 8.69. The zero-order valence-corrected chi connectivity index (χ0v) is 11.3. The van der Waals surface area contributed by atoms with Crippen molar-refractivity contribution in [1.29, 1.82) is 0 Å². The first kappa shape index (κ1) is 13.3. The molecule has 6 nitrogen and oxygen atoms in total. The molecule has 1 unspecified atom stereocenters. The number of aliphatic hydroxyl groups is 1. The van der Waals surface area contributed by atoms with Crippen LogP contribution in [0.15, 0.2) is 23.6 Å². The molecule has 0 amide bonds. The third kappa shape index (κ3) is 3.41. The summed E-state index contributed by atoms with van der Waals surface area (Å²) in [5, 5.41) is 13.8. The van der Waals surface area contributed by atoms with Gasteiger partial charge in [0.2, 0.25) is 5.28 Å². The summed E-state index contributed by atoms with van der Waals surface area (Å²) in [6.45, 7) is 2.13. The van der Waals surface area contributed by atoms with Crippen LogP contribution >= 0.6 is 23.4 Å². The molecule has 0 aliphatic carbocycles. The fourth-order valence-electron chi connectivity index (χ4n) is 1.28. The summed E-state index contributed by atoms with van der Waals surface area (Å²) in [6.07, 6.45) is 4.04. The Balaban J connectivity index is 2.22. The number of aliphatic hydroxyl groups excluding tert-OH is 1. The molecule has 0 aliphatic rings. The predicted octanol–water partition coefficient (Wildman–Crippen LogP) is 1.57. The summed E-state index contributed by atoms with van der Waals surface area (Å²) < 4.78 is 1.52. The van der Waals surface area contributed by atoms with E-state index in [9.17, 15) is 0 Å². The summed E-state index contributed by atoms with van der Waals surface area (Å²) >= 11 is 7.31. The standard InChI is InChI=1S/C10H12ClN5OS/c1-7(3-6-17)18-10-14-8(11)13-9(15-10)16-5-2-4-12-16/h2,4-5,7,17H,3,6H2,1H3. The van der Waals surface area contributed by atoms with Crippen molar-refractivity contribution in [3.05, 3.63) is 23.7 Å². The van der Waals surface area contributed by atoms with Crippen molar-refractivity contribution in [3.8, 4) is 5.95 Å². The molecule has 1 N–H and O–H groups in total. The van der Waals surface area contributed by atoms with E-state index in [-0.39, 0.29) is 17.1 Å². The average Bonchev–Trinajstić information content (AvgIpc) is 2.81. The van der Waals surface area contributed by atoms with Crippen molar-refractivity contribution in [1.82, 2.24) is 24.7 Å². The van der Waals surface area contributed by atoms with Crippen molar-refractivity contribution >= 4 is 23.4 Å². The molecule has 0 bridgehead atoms. The van der Waals surface area contributed by atoms with Crippen molar-refractivity contribution in [2.45, 2.75) is 23.8 Å². The number of nitrogens with zero attached hydrogens (tertiary/aromatic N) is 5. The summed E-state index contributed by atoms with van der Waals surface area (Å²) in [6, 6.07) is 1.78. The zero-order chi connectivity index (χ0) is 13.0. The van der Waals surface area contributed by atoms with Crippen LogP contribution in [0.3, 0.4) is 0 Å². The van der Waals surface area contributed by atoms with Crippen LogP contribution in [-0.4, -0.2) is 41.7 Å². The van der Waals surface area contributed by atoms with Crippen LogP contribution in [0.1, 0.15) is 13.3 Å². The number of hydrogen-bond donors (Lipinski definition) is 1. The molecule has 0 spiro atoms. The van der Waals surface area contributed by atoms with Crippen molar-refractivity contribution in [2.24, 2.45) is 0 Å². The molecule has 96 valence electrons. The van der Waals surface area contributed by atoms with Gasteiger partial charge < -0.3 is 5.11 Å². The molecule has 8 heteroatoms. The van der Waals surface area contributed by atoms with Crippen LogP contribution in [0.2, 0.25) is 5.28 Å². The van der Waals surface area contributed by atoms with E-state index in [1.807, 2.05) is 6.92 Å². The molecule has 2 rings (SSSR count). The lowest BCUT2D eigenvalue weighted by molar-refractivity contribution is 0.289. The van der Waals surface area contributed by atoms with Gasteiger partial charge in [-0.3, -0.25) is 0 Å². The maximum absolute atomic E-state index is 8.87. The lowest BCUT2D eigenvalue weighted by Gasteiger charge is -2.08. The van der Waals surface area contributed by atoms with Crippen LogP contribution in [-0.2, 0) is 0 Å². The van der Waals surface area contributed by atoms with Crippen molar-refractivity contribution < 1.29 is 5.11 Å². The zero-order valence-electron chi connectivity index (χ0n) is 9.69. The molecule has 0 radical (unpaired) electrons. The van der Waals surface area contributed by atoms with E-state index in [2.05, 4.69) is 20.1 Å². The van der Waals surface area contributed by atoms with Crippen molar-refractivity contribution in [3.63, 3.8) is 0 Å². The molecule has 0 aliphatic heterocycles. The lowest BCUT2D eigenvalue weighted by Crippen LogP contribution is -2.07. The molecule has 2 aromatic heterocycles. The Morgan fingerprint density at radius 3 is 2.94 bits per heavy atom. The second-order valence-corrected chi connectivity index (χ2v) is 5.32. The number of thioether (sulfide) groups is 1. The van der Waals surface area contributed by atoms with E-state index in [1.54, 1.807) is 18.5 Å². The monoisotopic (exact) mass is 285 g/mol. The molecule has 2 heterocycles. The number of halogens is 1. The molecule has 1 atom stereocenters. The largest absolute Gasteiger partial charge is 0.396 e. The van der Waals surface area contributed by atoms with Gasteiger partial charge in [0, 0.05) is 24.3 Å². The normalized spacial score (nSPS) is 12.6. The Hall–Kier alpha value is -1.18. The fraction of sp³-hybridized carbons (Fsp3) is 0.400. The van der Waals surface area contributed by atoms with Gasteiger partial charge in [0.05, 0.1) is 0 Å². The quantitative estimate of drug-likeness (QED) is 0.841. The number of hydrogen-bond acceptors (Lipinski definition) is 6. The van der Waals surface area contributed by atoms with Gasteiger partial charge in [-0.15, -0.1) is 0 Å². The summed E-state index contributed by atoms with van der Waals surface area (Å²) in [7, 11) is 0. The average molecular weight is 286 g/mol. The van der Waals surface area contributed by atoms with Crippen LogP contribution in [0, 0.1) is 0 Å². The topological polar surface area (TPSA) is 76.7 Å². The van der Waals surface area contributed by atoms with E-state index in [4.69, 9.17) is 16.7 Å². The van der Waals surface area contributed by atoms with Gasteiger partial charge in [0.25, 0.3) is 5.95 Å². The Bertz CT molecular complexity index is 507. The van der Waals surface area contributed by atoms with Crippen molar-refractivity contribution in [2.75, 3.05) is 6.61 Å². The van der Waals surface area contributed by atoms with Gasteiger partial charge in [-0.05, 0) is 24.1 Å². The first-order valence-corrected chi connectivity index (χ1v) is 6.64. The van der Waals surface area contributed by atoms with E-state index >= 15 is 0 Å². The van der Waals surface area contributed by atoms with Gasteiger partial charge in [-0.2, -0.15) is 20.1 Å². The fourth-order valence-corrected chi connectivity index (χ4v) is 2.35. The van der Waals surface area contributed by atoms with Crippen LogP contribution < -0.4 is 0 Å². The highest BCUT2D eigenvalue weighted by molar-refractivity contribution is 7.99. The maximum atomic E-state index is 8.87. The molecule has 18 heavy (non-hydrogen) atoms. The van der Waals surface area contributed by atoms with Gasteiger partial charge >= 0.3 is 0 Å². The van der Waals surface area contributed by atoms with E-state index in [0.717, 1.165) is 0 Å². The molecule has 0 fully saturated rings. The number of aromatic nitrogens is 5. The van der Waals surface area contributed by atoms with E-state index in [0.29, 0.717) is 17.5 Å². The van der Waals surface area contributed by atoms with E-state index < -0.39 is 0 Å². The maximum Gasteiger partial charge on any atom is 0.255 e. The van der Waals surface area contributed by atoms with Gasteiger partial charge in [0.15, 0.2) is 5.16 Å². The molecular formula is C10H12ClN5OS. The first-order valence-electron chi connectivity index (χ1n) is 5.38. The molecule has 0 saturated heterocycles.